The average Bonchev–Trinajstić information content (AvgIpc) is 3.37. The molecule has 0 saturated heterocycles. The predicted molar refractivity (Wildman–Crippen MR) is 97.7 cm³/mol. The van der Waals surface area contributed by atoms with Gasteiger partial charge in [0.05, 0.1) is 11.1 Å². The van der Waals surface area contributed by atoms with Crippen molar-refractivity contribution in [2.75, 3.05) is 6.79 Å². The normalized spacial score (nSPS) is 15.6. The number of carbonyl (C=O) groups excluding carboxylic acids is 2. The highest BCUT2D eigenvalue weighted by molar-refractivity contribution is 5.99. The smallest absolute Gasteiger partial charge is 0.253 e. The van der Waals surface area contributed by atoms with Crippen LogP contribution in [0.1, 0.15) is 52.0 Å². The number of benzene rings is 1. The number of rotatable bonds is 5. The lowest BCUT2D eigenvalue weighted by molar-refractivity contribution is 0.0937. The van der Waals surface area contributed by atoms with E-state index in [0.29, 0.717) is 29.2 Å². The number of pyridine rings is 1. The maximum Gasteiger partial charge on any atom is 0.253 e. The Kier molecular flexibility index (Phi) is 4.91. The van der Waals surface area contributed by atoms with Crippen LogP contribution in [0.4, 0.5) is 0 Å². The van der Waals surface area contributed by atoms with E-state index in [2.05, 4.69) is 15.6 Å². The van der Waals surface area contributed by atoms with E-state index in [4.69, 9.17) is 9.47 Å². The maximum absolute atomic E-state index is 12.4. The Morgan fingerprint density at radius 3 is 2.56 bits per heavy atom. The average molecular weight is 367 g/mol. The van der Waals surface area contributed by atoms with E-state index in [9.17, 15) is 9.59 Å². The molecule has 7 heteroatoms. The topological polar surface area (TPSA) is 89.6 Å². The number of aromatic nitrogens is 1. The van der Waals surface area contributed by atoms with Gasteiger partial charge in [-0.1, -0.05) is 18.9 Å². The third kappa shape index (κ3) is 4.02. The van der Waals surface area contributed by atoms with E-state index in [1.54, 1.807) is 6.07 Å². The molecule has 0 atom stereocenters. The highest BCUT2D eigenvalue weighted by atomic mass is 16.7. The van der Waals surface area contributed by atoms with E-state index in [0.717, 1.165) is 31.2 Å². The number of nitrogens with zero attached hydrogens (tertiary/aromatic N) is 1. The molecule has 0 radical (unpaired) electrons. The monoisotopic (exact) mass is 367 g/mol. The largest absolute Gasteiger partial charge is 0.454 e. The van der Waals surface area contributed by atoms with Crippen LogP contribution >= 0.6 is 0 Å². The summed E-state index contributed by atoms with van der Waals surface area (Å²) in [6.45, 7) is 0.556. The fraction of sp³-hybridized carbons (Fsp3) is 0.350. The molecule has 7 nitrogen and oxygen atoms in total. The molecule has 1 aromatic heterocycles. The van der Waals surface area contributed by atoms with Gasteiger partial charge in [-0.2, -0.15) is 0 Å². The quantitative estimate of drug-likeness (QED) is 0.847. The van der Waals surface area contributed by atoms with Gasteiger partial charge in [0.2, 0.25) is 6.79 Å². The summed E-state index contributed by atoms with van der Waals surface area (Å²) >= 11 is 0. The zero-order valence-corrected chi connectivity index (χ0v) is 14.9. The van der Waals surface area contributed by atoms with Crippen LogP contribution in [0, 0.1) is 0 Å². The van der Waals surface area contributed by atoms with E-state index in [1.807, 2.05) is 18.2 Å². The van der Waals surface area contributed by atoms with Crippen LogP contribution in [0.2, 0.25) is 0 Å². The van der Waals surface area contributed by atoms with Gasteiger partial charge < -0.3 is 20.1 Å². The zero-order valence-electron chi connectivity index (χ0n) is 14.9. The first-order valence-electron chi connectivity index (χ1n) is 9.12. The first kappa shape index (κ1) is 17.3. The molecule has 2 amide bonds. The predicted octanol–water partition coefficient (Wildman–Crippen LogP) is 2.41. The minimum atomic E-state index is -0.282. The number of hydrogen-bond acceptors (Lipinski definition) is 5. The summed E-state index contributed by atoms with van der Waals surface area (Å²) in [5.41, 5.74) is 1.66. The van der Waals surface area contributed by atoms with E-state index in [1.165, 1.54) is 12.4 Å². The molecule has 1 aliphatic carbocycles. The second-order valence-electron chi connectivity index (χ2n) is 6.79. The summed E-state index contributed by atoms with van der Waals surface area (Å²) < 4.78 is 10.6. The maximum atomic E-state index is 12.4. The summed E-state index contributed by atoms with van der Waals surface area (Å²) in [6, 6.07) is 7.33. The summed E-state index contributed by atoms with van der Waals surface area (Å²) in [6.07, 6.45) is 7.25. The highest BCUT2D eigenvalue weighted by Crippen LogP contribution is 2.32. The van der Waals surface area contributed by atoms with Crippen molar-refractivity contribution in [3.63, 3.8) is 0 Å². The van der Waals surface area contributed by atoms with Gasteiger partial charge >= 0.3 is 0 Å². The minimum Gasteiger partial charge on any atom is -0.454 e. The van der Waals surface area contributed by atoms with Crippen molar-refractivity contribution >= 4 is 11.8 Å². The highest BCUT2D eigenvalue weighted by Gasteiger charge is 2.19. The molecular weight excluding hydrogens is 346 g/mol. The van der Waals surface area contributed by atoms with Crippen LogP contribution in [-0.4, -0.2) is 29.6 Å². The van der Waals surface area contributed by atoms with Gasteiger partial charge in [0.25, 0.3) is 11.8 Å². The summed E-state index contributed by atoms with van der Waals surface area (Å²) in [7, 11) is 0. The van der Waals surface area contributed by atoms with Crippen LogP contribution in [-0.2, 0) is 6.54 Å². The Labute approximate surface area is 157 Å². The van der Waals surface area contributed by atoms with Gasteiger partial charge in [0.15, 0.2) is 11.5 Å². The molecule has 140 valence electrons. The third-order valence-electron chi connectivity index (χ3n) is 4.84. The lowest BCUT2D eigenvalue weighted by atomic mass is 10.1. The van der Waals surface area contributed by atoms with Crippen LogP contribution in [0.3, 0.4) is 0 Å². The fourth-order valence-corrected chi connectivity index (χ4v) is 3.36. The zero-order chi connectivity index (χ0) is 18.6. The van der Waals surface area contributed by atoms with Crippen LogP contribution in [0.25, 0.3) is 0 Å². The Morgan fingerprint density at radius 2 is 1.74 bits per heavy atom. The Balaban J connectivity index is 1.37. The molecule has 0 bridgehead atoms. The van der Waals surface area contributed by atoms with Gasteiger partial charge in [-0.25, -0.2) is 0 Å². The van der Waals surface area contributed by atoms with Crippen LogP contribution in [0.15, 0.2) is 36.7 Å². The number of ether oxygens (including phenoxy) is 2. The van der Waals surface area contributed by atoms with Crippen LogP contribution in [0.5, 0.6) is 11.5 Å². The second kappa shape index (κ2) is 7.65. The summed E-state index contributed by atoms with van der Waals surface area (Å²) in [5.74, 6) is 0.916. The molecular formula is C20H21N3O4. The number of nitrogens with one attached hydrogen (secondary N) is 2. The Morgan fingerprint density at radius 1 is 1.00 bits per heavy atom. The van der Waals surface area contributed by atoms with E-state index < -0.39 is 0 Å². The molecule has 0 spiro atoms. The van der Waals surface area contributed by atoms with Crippen molar-refractivity contribution < 1.29 is 19.1 Å². The van der Waals surface area contributed by atoms with Gasteiger partial charge in [0, 0.05) is 25.0 Å². The lowest BCUT2D eigenvalue weighted by Gasteiger charge is -2.12. The molecule has 4 rings (SSSR count). The molecule has 1 saturated carbocycles. The Hall–Kier alpha value is -3.09. The van der Waals surface area contributed by atoms with Gasteiger partial charge in [-0.15, -0.1) is 0 Å². The Bertz CT molecular complexity index is 862. The van der Waals surface area contributed by atoms with Crippen molar-refractivity contribution in [3.8, 4) is 11.5 Å². The third-order valence-corrected chi connectivity index (χ3v) is 4.84. The number of amides is 2. The van der Waals surface area contributed by atoms with Crippen molar-refractivity contribution in [1.29, 1.82) is 0 Å². The van der Waals surface area contributed by atoms with Gasteiger partial charge in [0.1, 0.15) is 0 Å². The summed E-state index contributed by atoms with van der Waals surface area (Å²) in [4.78, 5) is 28.8. The molecule has 0 unspecified atom stereocenters. The molecule has 1 fully saturated rings. The molecule has 1 aromatic carbocycles. The van der Waals surface area contributed by atoms with Crippen molar-refractivity contribution in [2.45, 2.75) is 38.3 Å². The molecule has 1 aliphatic heterocycles. The summed E-state index contributed by atoms with van der Waals surface area (Å²) in [5, 5.41) is 5.85. The van der Waals surface area contributed by atoms with E-state index in [-0.39, 0.29) is 24.6 Å². The second-order valence-corrected chi connectivity index (χ2v) is 6.79. The van der Waals surface area contributed by atoms with Crippen molar-refractivity contribution in [3.05, 3.63) is 53.3 Å². The number of hydrogen-bond donors (Lipinski definition) is 2. The fourth-order valence-electron chi connectivity index (χ4n) is 3.36. The van der Waals surface area contributed by atoms with Crippen LogP contribution < -0.4 is 20.1 Å². The number of carbonyl (C=O) groups is 2. The molecule has 2 aromatic rings. The molecule has 27 heavy (non-hydrogen) atoms. The first-order chi connectivity index (χ1) is 13.2. The van der Waals surface area contributed by atoms with Gasteiger partial charge in [-0.05, 0) is 36.6 Å². The molecule has 2 heterocycles. The van der Waals surface area contributed by atoms with Crippen molar-refractivity contribution in [1.82, 2.24) is 15.6 Å². The molecule has 2 aliphatic rings. The first-order valence-corrected chi connectivity index (χ1v) is 9.12. The van der Waals surface area contributed by atoms with E-state index >= 15 is 0 Å². The van der Waals surface area contributed by atoms with Crippen molar-refractivity contribution in [2.24, 2.45) is 0 Å². The lowest BCUT2D eigenvalue weighted by Crippen LogP contribution is -2.33. The molecule has 2 N–H and O–H groups in total. The standard InChI is InChI=1S/C20H21N3O4/c24-19(22-9-13-5-6-17-18(7-13)27-12-26-17)14-8-15(11-21-10-14)20(25)23-16-3-1-2-4-16/h5-8,10-11,16H,1-4,9,12H2,(H,22,24)(H,23,25). The minimum absolute atomic E-state index is 0.181. The SMILES string of the molecule is O=C(NCc1ccc2c(c1)OCO2)c1cncc(C(=O)NC2CCCC2)c1. The number of fused-ring (bicyclic) bond motifs is 1. The van der Waals surface area contributed by atoms with Gasteiger partial charge in [-0.3, -0.25) is 14.6 Å².